The molecule has 0 aliphatic rings. The summed E-state index contributed by atoms with van der Waals surface area (Å²) in [4.78, 5) is 13.3. The molecule has 0 radical (unpaired) electrons. The highest BCUT2D eigenvalue weighted by atomic mass is 35.6. The number of hydrogen-bond acceptors (Lipinski definition) is 2. The number of carbonyl (C=O) groups is 1. The zero-order chi connectivity index (χ0) is 20.7. The van der Waals surface area contributed by atoms with E-state index < -0.39 is 15.9 Å². The molecular formula is C23H21Cl3N2O. The van der Waals surface area contributed by atoms with Crippen molar-refractivity contribution in [2.45, 2.75) is 22.4 Å². The maximum absolute atomic E-state index is 13.3. The second-order valence-corrected chi connectivity index (χ2v) is 8.97. The van der Waals surface area contributed by atoms with E-state index in [0.29, 0.717) is 6.54 Å². The molecule has 1 atom stereocenters. The number of rotatable bonds is 7. The summed E-state index contributed by atoms with van der Waals surface area (Å²) >= 11 is 18.5. The first-order chi connectivity index (χ1) is 13.9. The van der Waals surface area contributed by atoms with Crippen molar-refractivity contribution >= 4 is 40.7 Å². The van der Waals surface area contributed by atoms with Crippen molar-refractivity contribution in [1.29, 1.82) is 0 Å². The first-order valence-electron chi connectivity index (χ1n) is 9.19. The van der Waals surface area contributed by atoms with E-state index in [9.17, 15) is 4.79 Å². The van der Waals surface area contributed by atoms with Crippen LogP contribution in [0.15, 0.2) is 91.0 Å². The summed E-state index contributed by atoms with van der Waals surface area (Å²) in [7, 11) is 0. The zero-order valence-corrected chi connectivity index (χ0v) is 17.8. The molecule has 3 rings (SSSR count). The summed E-state index contributed by atoms with van der Waals surface area (Å²) in [5.41, 5.74) is 2.74. The molecule has 0 aliphatic carbocycles. The molecule has 150 valence electrons. The molecule has 6 heteroatoms. The summed E-state index contributed by atoms with van der Waals surface area (Å²) in [6.45, 7) is 0.445. The summed E-state index contributed by atoms with van der Waals surface area (Å²) in [5, 5.41) is 6.02. The standard InChI is InChI=1S/C23H21Cl3N2O/c24-23(25,26)22(27-16-17-10-4-1-5-11-17)28-21(29)20(18-12-6-2-7-13-18)19-14-8-3-9-15-19/h1-15,20,22,27H,16H2,(H,28,29). The number of nitrogens with one attached hydrogen (secondary N) is 2. The molecule has 0 aliphatic heterocycles. The Balaban J connectivity index is 1.82. The second kappa shape index (κ2) is 10.1. The third-order valence-corrected chi connectivity index (χ3v) is 5.15. The Morgan fingerprint density at radius 2 is 1.21 bits per heavy atom. The minimum Gasteiger partial charge on any atom is -0.336 e. The zero-order valence-electron chi connectivity index (χ0n) is 15.6. The molecule has 29 heavy (non-hydrogen) atoms. The van der Waals surface area contributed by atoms with Gasteiger partial charge in [0.25, 0.3) is 0 Å². The fraction of sp³-hybridized carbons (Fsp3) is 0.174. The van der Waals surface area contributed by atoms with E-state index >= 15 is 0 Å². The van der Waals surface area contributed by atoms with Gasteiger partial charge < -0.3 is 5.32 Å². The molecule has 0 bridgehead atoms. The average molecular weight is 448 g/mol. The van der Waals surface area contributed by atoms with Gasteiger partial charge in [-0.2, -0.15) is 0 Å². The van der Waals surface area contributed by atoms with Gasteiger partial charge in [0.2, 0.25) is 9.70 Å². The summed E-state index contributed by atoms with van der Waals surface area (Å²) in [6, 6.07) is 28.8. The SMILES string of the molecule is O=C(NC(NCc1ccccc1)C(Cl)(Cl)Cl)C(c1ccccc1)c1ccccc1. The van der Waals surface area contributed by atoms with E-state index in [1.165, 1.54) is 0 Å². The van der Waals surface area contributed by atoms with Gasteiger partial charge in [0.15, 0.2) is 0 Å². The van der Waals surface area contributed by atoms with Gasteiger partial charge in [-0.05, 0) is 16.7 Å². The number of halogens is 3. The van der Waals surface area contributed by atoms with E-state index in [1.54, 1.807) is 0 Å². The Morgan fingerprint density at radius 1 is 0.759 bits per heavy atom. The molecule has 0 saturated carbocycles. The van der Waals surface area contributed by atoms with Crippen LogP contribution in [0.3, 0.4) is 0 Å². The summed E-state index contributed by atoms with van der Waals surface area (Å²) in [6.07, 6.45) is -0.866. The molecule has 0 spiro atoms. The Hall–Kier alpha value is -2.04. The molecule has 0 fully saturated rings. The minimum absolute atomic E-state index is 0.251. The van der Waals surface area contributed by atoms with Crippen LogP contribution >= 0.6 is 34.8 Å². The van der Waals surface area contributed by atoms with Crippen molar-refractivity contribution in [2.24, 2.45) is 0 Å². The van der Waals surface area contributed by atoms with Crippen molar-refractivity contribution in [3.63, 3.8) is 0 Å². The first-order valence-corrected chi connectivity index (χ1v) is 10.3. The Kier molecular flexibility index (Phi) is 7.57. The van der Waals surface area contributed by atoms with Gasteiger partial charge in [-0.1, -0.05) is 126 Å². The minimum atomic E-state index is -1.72. The third-order valence-electron chi connectivity index (χ3n) is 4.50. The van der Waals surface area contributed by atoms with Crippen LogP contribution in [0.25, 0.3) is 0 Å². The van der Waals surface area contributed by atoms with Crippen molar-refractivity contribution in [3.05, 3.63) is 108 Å². The number of amides is 1. The van der Waals surface area contributed by atoms with Crippen LogP contribution < -0.4 is 10.6 Å². The molecule has 3 aromatic rings. The molecule has 1 unspecified atom stereocenters. The third kappa shape index (κ3) is 6.22. The lowest BCUT2D eigenvalue weighted by Gasteiger charge is -2.29. The van der Waals surface area contributed by atoms with Crippen LogP contribution in [-0.2, 0) is 11.3 Å². The number of benzene rings is 3. The van der Waals surface area contributed by atoms with Crippen LogP contribution in [0.5, 0.6) is 0 Å². The lowest BCUT2D eigenvalue weighted by molar-refractivity contribution is -0.122. The maximum Gasteiger partial charge on any atom is 0.233 e. The second-order valence-electron chi connectivity index (χ2n) is 6.60. The van der Waals surface area contributed by atoms with Crippen molar-refractivity contribution in [1.82, 2.24) is 10.6 Å². The number of hydrogen-bond donors (Lipinski definition) is 2. The summed E-state index contributed by atoms with van der Waals surface area (Å²) < 4.78 is -1.72. The Bertz CT molecular complexity index is 860. The highest BCUT2D eigenvalue weighted by Gasteiger charge is 2.35. The van der Waals surface area contributed by atoms with Gasteiger partial charge in [0.1, 0.15) is 6.17 Å². The van der Waals surface area contributed by atoms with E-state index in [-0.39, 0.29) is 5.91 Å². The van der Waals surface area contributed by atoms with Crippen LogP contribution in [-0.4, -0.2) is 15.9 Å². The normalized spacial score (nSPS) is 12.6. The van der Waals surface area contributed by atoms with Gasteiger partial charge in [0, 0.05) is 6.54 Å². The Morgan fingerprint density at radius 3 is 1.66 bits per heavy atom. The predicted molar refractivity (Wildman–Crippen MR) is 120 cm³/mol. The molecule has 3 nitrogen and oxygen atoms in total. The molecule has 1 amide bonds. The molecule has 0 aromatic heterocycles. The van der Waals surface area contributed by atoms with Gasteiger partial charge in [-0.3, -0.25) is 10.1 Å². The molecule has 0 saturated heterocycles. The van der Waals surface area contributed by atoms with E-state index in [4.69, 9.17) is 34.8 Å². The quantitative estimate of drug-likeness (QED) is 0.375. The van der Waals surface area contributed by atoms with Crippen molar-refractivity contribution in [3.8, 4) is 0 Å². The lowest BCUT2D eigenvalue weighted by atomic mass is 9.90. The maximum atomic E-state index is 13.3. The fourth-order valence-electron chi connectivity index (χ4n) is 3.08. The largest absolute Gasteiger partial charge is 0.336 e. The fourth-order valence-corrected chi connectivity index (χ4v) is 3.47. The van der Waals surface area contributed by atoms with Gasteiger partial charge in [-0.15, -0.1) is 0 Å². The molecular weight excluding hydrogens is 427 g/mol. The van der Waals surface area contributed by atoms with Gasteiger partial charge >= 0.3 is 0 Å². The van der Waals surface area contributed by atoms with Crippen LogP contribution in [0.4, 0.5) is 0 Å². The van der Waals surface area contributed by atoms with E-state index in [2.05, 4.69) is 10.6 Å². The van der Waals surface area contributed by atoms with Crippen LogP contribution in [0.1, 0.15) is 22.6 Å². The first kappa shape index (κ1) is 21.7. The van der Waals surface area contributed by atoms with E-state index in [1.807, 2.05) is 91.0 Å². The van der Waals surface area contributed by atoms with Gasteiger partial charge in [-0.25, -0.2) is 0 Å². The smallest absolute Gasteiger partial charge is 0.233 e. The monoisotopic (exact) mass is 446 g/mol. The topological polar surface area (TPSA) is 41.1 Å². The molecule has 0 heterocycles. The highest BCUT2D eigenvalue weighted by molar-refractivity contribution is 6.68. The number of carbonyl (C=O) groups excluding carboxylic acids is 1. The predicted octanol–water partition coefficient (Wildman–Crippen LogP) is 5.42. The van der Waals surface area contributed by atoms with Crippen LogP contribution in [0.2, 0.25) is 0 Å². The lowest BCUT2D eigenvalue weighted by Crippen LogP contribution is -2.54. The molecule has 3 aromatic carbocycles. The van der Waals surface area contributed by atoms with Crippen molar-refractivity contribution < 1.29 is 4.79 Å². The van der Waals surface area contributed by atoms with Crippen LogP contribution in [0, 0.1) is 0 Å². The highest BCUT2D eigenvalue weighted by Crippen LogP contribution is 2.31. The van der Waals surface area contributed by atoms with E-state index in [0.717, 1.165) is 16.7 Å². The van der Waals surface area contributed by atoms with Gasteiger partial charge in [0.05, 0.1) is 5.92 Å². The van der Waals surface area contributed by atoms with Crippen molar-refractivity contribution in [2.75, 3.05) is 0 Å². The average Bonchev–Trinajstić information content (AvgIpc) is 2.73. The Labute approximate surface area is 186 Å². The molecule has 2 N–H and O–H groups in total. The number of alkyl halides is 3. The summed E-state index contributed by atoms with van der Waals surface area (Å²) in [5.74, 6) is -0.773.